The Morgan fingerprint density at radius 2 is 2.05 bits per heavy atom. The fraction of sp³-hybridized carbons (Fsp3) is 0.235. The van der Waals surface area contributed by atoms with E-state index in [1.807, 2.05) is 30.3 Å². The normalized spacial score (nSPS) is 12.5. The monoisotopic (exact) mass is 318 g/mol. The Labute approximate surface area is 133 Å². The molecule has 0 fully saturated rings. The molecule has 114 valence electrons. The van der Waals surface area contributed by atoms with Crippen molar-refractivity contribution in [2.24, 2.45) is 0 Å². The maximum Gasteiger partial charge on any atom is 0.256 e. The van der Waals surface area contributed by atoms with Crippen LogP contribution in [0.15, 0.2) is 36.4 Å². The second-order valence-electron chi connectivity index (χ2n) is 4.91. The van der Waals surface area contributed by atoms with Crippen molar-refractivity contribution in [2.45, 2.75) is 13.0 Å². The number of rotatable bonds is 5. The van der Waals surface area contributed by atoms with E-state index in [0.29, 0.717) is 42.4 Å². The minimum atomic E-state index is -0.549. The van der Waals surface area contributed by atoms with Gasteiger partial charge in [0.2, 0.25) is 0 Å². The van der Waals surface area contributed by atoms with E-state index in [2.05, 4.69) is 0 Å². The van der Waals surface area contributed by atoms with Crippen LogP contribution in [0.4, 0.5) is 0 Å². The van der Waals surface area contributed by atoms with E-state index in [0.717, 1.165) is 11.1 Å². The van der Waals surface area contributed by atoms with Gasteiger partial charge in [0.1, 0.15) is 12.4 Å². The van der Waals surface area contributed by atoms with Crippen LogP contribution in [0.5, 0.6) is 17.2 Å². The Balaban J connectivity index is 1.97. The summed E-state index contributed by atoms with van der Waals surface area (Å²) in [5.41, 5.74) is 2.12. The molecule has 0 N–H and O–H groups in total. The van der Waals surface area contributed by atoms with E-state index in [1.165, 1.54) is 0 Å². The molecule has 0 unspecified atom stereocenters. The maximum atomic E-state index is 11.8. The number of hydrogen-bond acceptors (Lipinski definition) is 4. The van der Waals surface area contributed by atoms with Crippen molar-refractivity contribution in [3.63, 3.8) is 0 Å². The van der Waals surface area contributed by atoms with Gasteiger partial charge in [-0.1, -0.05) is 30.3 Å². The molecule has 0 aromatic heterocycles. The first-order chi connectivity index (χ1) is 10.7. The smallest absolute Gasteiger partial charge is 0.256 e. The van der Waals surface area contributed by atoms with Crippen LogP contribution in [0.1, 0.15) is 21.5 Å². The number of benzene rings is 2. The van der Waals surface area contributed by atoms with Gasteiger partial charge in [-0.05, 0) is 17.2 Å². The molecular weight excluding hydrogens is 304 g/mol. The number of halogens is 1. The van der Waals surface area contributed by atoms with Gasteiger partial charge >= 0.3 is 0 Å². The van der Waals surface area contributed by atoms with Crippen LogP contribution < -0.4 is 14.2 Å². The van der Waals surface area contributed by atoms with Gasteiger partial charge in [-0.15, -0.1) is 0 Å². The first-order valence-electron chi connectivity index (χ1n) is 6.94. The highest BCUT2D eigenvalue weighted by molar-refractivity contribution is 6.68. The quantitative estimate of drug-likeness (QED) is 0.790. The Bertz CT molecular complexity index is 698. The molecule has 0 atom stereocenters. The first kappa shape index (κ1) is 14.7. The summed E-state index contributed by atoms with van der Waals surface area (Å²) in [5, 5.41) is -0.549. The van der Waals surface area contributed by atoms with Crippen LogP contribution in [-0.2, 0) is 13.0 Å². The molecule has 4 nitrogen and oxygen atoms in total. The zero-order valence-corrected chi connectivity index (χ0v) is 12.9. The number of methoxy groups -OCH3 is 1. The molecule has 0 saturated heterocycles. The van der Waals surface area contributed by atoms with Crippen molar-refractivity contribution in [2.75, 3.05) is 13.7 Å². The predicted octanol–water partition coefficient (Wildman–Crippen LogP) is 3.59. The van der Waals surface area contributed by atoms with Crippen LogP contribution in [-0.4, -0.2) is 19.0 Å². The molecule has 1 aliphatic rings. The summed E-state index contributed by atoms with van der Waals surface area (Å²) in [4.78, 5) is 11.8. The lowest BCUT2D eigenvalue weighted by Crippen LogP contribution is -2.04. The molecule has 0 bridgehead atoms. The Morgan fingerprint density at radius 1 is 1.27 bits per heavy atom. The summed E-state index contributed by atoms with van der Waals surface area (Å²) in [6.07, 6.45) is 0.613. The van der Waals surface area contributed by atoms with Crippen LogP contribution in [0.2, 0.25) is 0 Å². The molecule has 22 heavy (non-hydrogen) atoms. The van der Waals surface area contributed by atoms with Gasteiger partial charge in [-0.25, -0.2) is 0 Å². The highest BCUT2D eigenvalue weighted by Crippen LogP contribution is 2.43. The lowest BCUT2D eigenvalue weighted by Gasteiger charge is -2.15. The molecule has 0 aliphatic carbocycles. The molecule has 2 aromatic rings. The van der Waals surface area contributed by atoms with Crippen molar-refractivity contribution >= 4 is 16.8 Å². The van der Waals surface area contributed by atoms with Gasteiger partial charge in [0, 0.05) is 18.1 Å². The average molecular weight is 319 g/mol. The summed E-state index contributed by atoms with van der Waals surface area (Å²) >= 11 is 5.75. The van der Waals surface area contributed by atoms with E-state index in [4.69, 9.17) is 25.8 Å². The highest BCUT2D eigenvalue weighted by atomic mass is 35.5. The maximum absolute atomic E-state index is 11.8. The molecule has 2 aromatic carbocycles. The second-order valence-corrected chi connectivity index (χ2v) is 5.25. The van der Waals surface area contributed by atoms with Crippen LogP contribution in [0.25, 0.3) is 0 Å². The number of fused-ring (bicyclic) bond motifs is 1. The van der Waals surface area contributed by atoms with E-state index in [1.54, 1.807) is 13.2 Å². The Hall–Kier alpha value is -2.20. The third kappa shape index (κ3) is 2.74. The molecule has 3 rings (SSSR count). The predicted molar refractivity (Wildman–Crippen MR) is 83.2 cm³/mol. The van der Waals surface area contributed by atoms with Crippen LogP contribution >= 0.6 is 11.6 Å². The molecule has 1 aliphatic heterocycles. The fourth-order valence-electron chi connectivity index (χ4n) is 2.54. The summed E-state index contributed by atoms with van der Waals surface area (Å²) in [6.45, 7) is 0.853. The fourth-order valence-corrected chi connectivity index (χ4v) is 2.74. The average Bonchev–Trinajstić information content (AvgIpc) is 3.01. The summed E-state index contributed by atoms with van der Waals surface area (Å²) in [6, 6.07) is 11.4. The lowest BCUT2D eigenvalue weighted by molar-refractivity contribution is 0.107. The topological polar surface area (TPSA) is 44.8 Å². The summed E-state index contributed by atoms with van der Waals surface area (Å²) < 4.78 is 16.7. The number of carbonyl (C=O) groups is 1. The van der Waals surface area contributed by atoms with Crippen molar-refractivity contribution < 1.29 is 19.0 Å². The Morgan fingerprint density at radius 3 is 2.73 bits per heavy atom. The van der Waals surface area contributed by atoms with E-state index in [9.17, 15) is 4.79 Å². The third-order valence-corrected chi connectivity index (χ3v) is 3.75. The lowest BCUT2D eigenvalue weighted by atomic mass is 10.0. The zero-order valence-electron chi connectivity index (χ0n) is 12.1. The summed E-state index contributed by atoms with van der Waals surface area (Å²) in [5.74, 6) is 1.56. The van der Waals surface area contributed by atoms with Crippen LogP contribution in [0, 0.1) is 0 Å². The van der Waals surface area contributed by atoms with Crippen molar-refractivity contribution in [1.29, 1.82) is 0 Å². The van der Waals surface area contributed by atoms with Gasteiger partial charge < -0.3 is 14.2 Å². The highest BCUT2D eigenvalue weighted by Gasteiger charge is 2.28. The van der Waals surface area contributed by atoms with Crippen LogP contribution in [0.3, 0.4) is 0 Å². The number of carbonyl (C=O) groups excluding carboxylic acids is 1. The zero-order chi connectivity index (χ0) is 15.5. The van der Waals surface area contributed by atoms with E-state index in [-0.39, 0.29) is 0 Å². The SMILES string of the molecule is COc1cc(OCc2ccccc2)c(C(=O)Cl)c2c1OCC2. The van der Waals surface area contributed by atoms with Gasteiger partial charge in [0.15, 0.2) is 11.5 Å². The van der Waals surface area contributed by atoms with E-state index >= 15 is 0 Å². The minimum absolute atomic E-state index is 0.348. The molecule has 1 heterocycles. The van der Waals surface area contributed by atoms with Gasteiger partial charge in [0.25, 0.3) is 5.24 Å². The molecule has 5 heteroatoms. The van der Waals surface area contributed by atoms with Crippen molar-refractivity contribution in [3.8, 4) is 17.2 Å². The van der Waals surface area contributed by atoms with Crippen molar-refractivity contribution in [1.82, 2.24) is 0 Å². The molecule has 0 radical (unpaired) electrons. The first-order valence-corrected chi connectivity index (χ1v) is 7.31. The largest absolute Gasteiger partial charge is 0.493 e. The molecule has 0 spiro atoms. The second kappa shape index (κ2) is 6.28. The minimum Gasteiger partial charge on any atom is -0.493 e. The van der Waals surface area contributed by atoms with Crippen molar-refractivity contribution in [3.05, 3.63) is 53.1 Å². The molecule has 0 amide bonds. The van der Waals surface area contributed by atoms with Gasteiger partial charge in [-0.3, -0.25) is 4.79 Å². The number of ether oxygens (including phenoxy) is 3. The number of hydrogen-bond donors (Lipinski definition) is 0. The Kier molecular flexibility index (Phi) is 4.20. The molecular formula is C17H15ClO4. The molecule has 0 saturated carbocycles. The van der Waals surface area contributed by atoms with E-state index < -0.39 is 5.24 Å². The van der Waals surface area contributed by atoms with Gasteiger partial charge in [-0.2, -0.15) is 0 Å². The summed E-state index contributed by atoms with van der Waals surface area (Å²) in [7, 11) is 1.56. The third-order valence-electron chi connectivity index (χ3n) is 3.56. The van der Waals surface area contributed by atoms with Gasteiger partial charge in [0.05, 0.1) is 19.3 Å². The standard InChI is InChI=1S/C17H15ClO4/c1-20-14-9-13(22-10-11-5-3-2-4-6-11)15(17(18)19)12-7-8-21-16(12)14/h2-6,9H,7-8,10H2,1H3.